The molecule has 1 aromatic carbocycles. The Bertz CT molecular complexity index is 597. The van der Waals surface area contributed by atoms with Crippen molar-refractivity contribution in [2.75, 3.05) is 6.54 Å². The quantitative estimate of drug-likeness (QED) is 0.843. The number of halogens is 1. The van der Waals surface area contributed by atoms with Crippen molar-refractivity contribution in [3.8, 4) is 0 Å². The zero-order valence-electron chi connectivity index (χ0n) is 11.1. The molecule has 1 unspecified atom stereocenters. The molecule has 0 radical (unpaired) electrons. The molecule has 5 heteroatoms. The molecule has 0 aliphatic heterocycles. The summed E-state index contributed by atoms with van der Waals surface area (Å²) in [5.41, 5.74) is 7.12. The Labute approximate surface area is 132 Å². The molecule has 3 rings (SSSR count). The largest absolute Gasteiger partial charge is 0.330 e. The first kappa shape index (κ1) is 14.4. The van der Waals surface area contributed by atoms with E-state index in [0.717, 1.165) is 15.7 Å². The molecule has 1 aliphatic rings. The van der Waals surface area contributed by atoms with E-state index in [4.69, 9.17) is 22.3 Å². The Kier molecular flexibility index (Phi) is 4.66. The fourth-order valence-corrected chi connectivity index (χ4v) is 4.98. The fourth-order valence-electron chi connectivity index (χ4n) is 2.55. The van der Waals surface area contributed by atoms with Gasteiger partial charge in [0.25, 0.3) is 0 Å². The van der Waals surface area contributed by atoms with E-state index >= 15 is 0 Å². The molecule has 1 aliphatic carbocycles. The van der Waals surface area contributed by atoms with Gasteiger partial charge in [0.15, 0.2) is 0 Å². The normalized spacial score (nSPS) is 18.0. The lowest BCUT2D eigenvalue weighted by molar-refractivity contribution is 0.553. The van der Waals surface area contributed by atoms with Crippen molar-refractivity contribution in [1.82, 2.24) is 4.98 Å². The lowest BCUT2D eigenvalue weighted by atomic mass is 9.91. The summed E-state index contributed by atoms with van der Waals surface area (Å²) in [5, 5.41) is 2.01. The Morgan fingerprint density at radius 1 is 1.40 bits per heavy atom. The van der Waals surface area contributed by atoms with Gasteiger partial charge in [0, 0.05) is 22.2 Å². The van der Waals surface area contributed by atoms with Gasteiger partial charge in [0.05, 0.1) is 16.5 Å². The van der Waals surface area contributed by atoms with Crippen molar-refractivity contribution in [3.05, 3.63) is 44.9 Å². The molecule has 2 N–H and O–H groups in total. The number of thiazole rings is 1. The Balaban J connectivity index is 1.73. The predicted molar refractivity (Wildman–Crippen MR) is 87.9 cm³/mol. The average molecular weight is 325 g/mol. The smallest absolute Gasteiger partial charge is 0.103 e. The minimum absolute atomic E-state index is 0.467. The van der Waals surface area contributed by atoms with E-state index in [0.29, 0.717) is 12.5 Å². The van der Waals surface area contributed by atoms with E-state index in [1.54, 1.807) is 11.8 Å². The van der Waals surface area contributed by atoms with E-state index in [9.17, 15) is 0 Å². The maximum absolute atomic E-state index is 6.18. The van der Waals surface area contributed by atoms with Crippen LogP contribution >= 0.6 is 34.7 Å². The van der Waals surface area contributed by atoms with Gasteiger partial charge in [0.2, 0.25) is 0 Å². The van der Waals surface area contributed by atoms with Crippen molar-refractivity contribution in [2.24, 2.45) is 5.73 Å². The monoisotopic (exact) mass is 324 g/mol. The Morgan fingerprint density at radius 3 is 3.05 bits per heavy atom. The minimum atomic E-state index is 0.467. The summed E-state index contributed by atoms with van der Waals surface area (Å²) in [7, 11) is 0. The van der Waals surface area contributed by atoms with Crippen molar-refractivity contribution < 1.29 is 0 Å². The Hall–Kier alpha value is -0.550. The van der Waals surface area contributed by atoms with Crippen LogP contribution in [0.2, 0.25) is 5.02 Å². The van der Waals surface area contributed by atoms with Crippen molar-refractivity contribution >= 4 is 34.7 Å². The molecule has 1 heterocycles. The lowest BCUT2D eigenvalue weighted by Gasteiger charge is -2.18. The van der Waals surface area contributed by atoms with Gasteiger partial charge in [-0.2, -0.15) is 0 Å². The number of hydrogen-bond acceptors (Lipinski definition) is 4. The van der Waals surface area contributed by atoms with Crippen LogP contribution in [0.4, 0.5) is 0 Å². The number of aryl methyl sites for hydroxylation is 1. The number of thioether (sulfide) groups is 1. The van der Waals surface area contributed by atoms with Crippen LogP contribution in [0, 0.1) is 0 Å². The number of hydrogen-bond donors (Lipinski definition) is 1. The summed E-state index contributed by atoms with van der Waals surface area (Å²) >= 11 is 9.79. The number of nitrogens with zero attached hydrogens (tertiary/aromatic N) is 1. The third kappa shape index (κ3) is 3.03. The molecule has 2 nitrogen and oxygen atoms in total. The van der Waals surface area contributed by atoms with E-state index in [1.165, 1.54) is 34.8 Å². The lowest BCUT2D eigenvalue weighted by Crippen LogP contribution is -2.17. The van der Waals surface area contributed by atoms with Crippen LogP contribution in [0.1, 0.15) is 34.3 Å². The van der Waals surface area contributed by atoms with Crippen molar-refractivity contribution in [1.29, 1.82) is 0 Å². The third-order valence-corrected chi connectivity index (χ3v) is 6.43. The summed E-state index contributed by atoms with van der Waals surface area (Å²) in [6.07, 6.45) is 3.60. The molecular weight excluding hydrogens is 308 g/mol. The van der Waals surface area contributed by atoms with Gasteiger partial charge >= 0.3 is 0 Å². The second-order valence-corrected chi connectivity index (χ2v) is 7.55. The molecule has 0 saturated carbocycles. The van der Waals surface area contributed by atoms with Crippen LogP contribution < -0.4 is 5.73 Å². The summed E-state index contributed by atoms with van der Waals surface area (Å²) in [5.74, 6) is 1.35. The van der Waals surface area contributed by atoms with Gasteiger partial charge in [-0.05, 0) is 31.4 Å². The SMILES string of the molecule is NCC1CCCc2sc(CSc3ccccc3Cl)nc21. The molecule has 106 valence electrons. The number of benzene rings is 1. The van der Waals surface area contributed by atoms with Gasteiger partial charge in [-0.15, -0.1) is 23.1 Å². The molecule has 1 atom stereocenters. The van der Waals surface area contributed by atoms with Gasteiger partial charge in [-0.3, -0.25) is 0 Å². The number of fused-ring (bicyclic) bond motifs is 1. The maximum Gasteiger partial charge on any atom is 0.103 e. The van der Waals surface area contributed by atoms with Crippen LogP contribution in [0.25, 0.3) is 0 Å². The van der Waals surface area contributed by atoms with E-state index in [1.807, 2.05) is 29.5 Å². The van der Waals surface area contributed by atoms with E-state index < -0.39 is 0 Å². The van der Waals surface area contributed by atoms with Crippen LogP contribution in [0.15, 0.2) is 29.2 Å². The number of aromatic nitrogens is 1. The second-order valence-electron chi connectivity index (χ2n) is 4.96. The van der Waals surface area contributed by atoms with Gasteiger partial charge in [0.1, 0.15) is 5.01 Å². The van der Waals surface area contributed by atoms with E-state index in [-0.39, 0.29) is 0 Å². The predicted octanol–water partition coefficient (Wildman–Crippen LogP) is 4.47. The molecule has 0 amide bonds. The van der Waals surface area contributed by atoms with E-state index in [2.05, 4.69) is 6.07 Å². The average Bonchev–Trinajstić information content (AvgIpc) is 2.89. The first-order chi connectivity index (χ1) is 9.78. The highest BCUT2D eigenvalue weighted by molar-refractivity contribution is 7.98. The first-order valence-corrected chi connectivity index (χ1v) is 9.02. The summed E-state index contributed by atoms with van der Waals surface area (Å²) in [4.78, 5) is 7.39. The molecule has 0 fully saturated rings. The molecule has 0 saturated heterocycles. The highest BCUT2D eigenvalue weighted by atomic mass is 35.5. The van der Waals surface area contributed by atoms with Crippen LogP contribution in [-0.4, -0.2) is 11.5 Å². The number of nitrogens with two attached hydrogens (primary N) is 1. The summed E-state index contributed by atoms with van der Waals surface area (Å²) < 4.78 is 0. The first-order valence-electron chi connectivity index (χ1n) is 6.84. The second kappa shape index (κ2) is 6.48. The van der Waals surface area contributed by atoms with Gasteiger partial charge in [-0.1, -0.05) is 23.7 Å². The van der Waals surface area contributed by atoms with Crippen LogP contribution in [0.3, 0.4) is 0 Å². The standard InChI is InChI=1S/C15H17ClN2S2/c16-11-5-1-2-6-12(11)19-9-14-18-15-10(8-17)4-3-7-13(15)20-14/h1-2,5-6,10H,3-4,7-9,17H2. The zero-order valence-corrected chi connectivity index (χ0v) is 13.5. The molecular formula is C15H17ClN2S2. The number of rotatable bonds is 4. The van der Waals surface area contributed by atoms with Gasteiger partial charge in [-0.25, -0.2) is 4.98 Å². The summed E-state index contributed by atoms with van der Waals surface area (Å²) in [6, 6.07) is 7.97. The molecule has 0 bridgehead atoms. The van der Waals surface area contributed by atoms with Crippen LogP contribution in [-0.2, 0) is 12.2 Å². The molecule has 0 spiro atoms. The van der Waals surface area contributed by atoms with Crippen molar-refractivity contribution in [2.45, 2.75) is 35.8 Å². The van der Waals surface area contributed by atoms with Gasteiger partial charge < -0.3 is 5.73 Å². The summed E-state index contributed by atoms with van der Waals surface area (Å²) in [6.45, 7) is 0.716. The molecule has 1 aromatic heterocycles. The molecule has 20 heavy (non-hydrogen) atoms. The molecule has 2 aromatic rings. The van der Waals surface area contributed by atoms with Crippen molar-refractivity contribution in [3.63, 3.8) is 0 Å². The minimum Gasteiger partial charge on any atom is -0.330 e. The third-order valence-electron chi connectivity index (χ3n) is 3.59. The highest BCUT2D eigenvalue weighted by Gasteiger charge is 2.23. The topological polar surface area (TPSA) is 38.9 Å². The fraction of sp³-hybridized carbons (Fsp3) is 0.400. The van der Waals surface area contributed by atoms with Crippen LogP contribution in [0.5, 0.6) is 0 Å². The Morgan fingerprint density at radius 2 is 2.25 bits per heavy atom. The maximum atomic E-state index is 6.18. The zero-order chi connectivity index (χ0) is 13.9. The highest BCUT2D eigenvalue weighted by Crippen LogP contribution is 2.37.